The molecule has 1 fully saturated rings. The number of hydrogen-bond acceptors (Lipinski definition) is 3. The van der Waals surface area contributed by atoms with Crippen LogP contribution in [0.4, 0.5) is 0 Å². The van der Waals surface area contributed by atoms with Gasteiger partial charge in [0, 0.05) is 18.2 Å². The van der Waals surface area contributed by atoms with Crippen LogP contribution in [0.5, 0.6) is 0 Å². The minimum atomic E-state index is 0.572. The molecule has 3 nitrogen and oxygen atoms in total. The van der Waals surface area contributed by atoms with Crippen LogP contribution >= 0.6 is 0 Å². The molecule has 0 aromatic carbocycles. The fourth-order valence-corrected chi connectivity index (χ4v) is 2.59. The summed E-state index contributed by atoms with van der Waals surface area (Å²) in [5.74, 6) is 2.02. The van der Waals surface area contributed by atoms with E-state index in [1.807, 2.05) is 6.92 Å². The second kappa shape index (κ2) is 5.02. The number of nitrogens with zero attached hydrogens (tertiary/aromatic N) is 1. The lowest BCUT2D eigenvalue weighted by Gasteiger charge is -2.22. The Kier molecular flexibility index (Phi) is 3.66. The van der Waals surface area contributed by atoms with Gasteiger partial charge in [0.25, 0.3) is 0 Å². The van der Waals surface area contributed by atoms with Crippen LogP contribution in [-0.4, -0.2) is 18.0 Å². The van der Waals surface area contributed by atoms with Crippen molar-refractivity contribution in [1.82, 2.24) is 4.90 Å². The summed E-state index contributed by atoms with van der Waals surface area (Å²) in [4.78, 5) is 2.41. The van der Waals surface area contributed by atoms with Crippen molar-refractivity contribution >= 4 is 0 Å². The highest BCUT2D eigenvalue weighted by Gasteiger charge is 2.20. The molecule has 0 radical (unpaired) electrons. The highest BCUT2D eigenvalue weighted by molar-refractivity contribution is 5.20. The van der Waals surface area contributed by atoms with Crippen molar-refractivity contribution < 1.29 is 4.42 Å². The van der Waals surface area contributed by atoms with Gasteiger partial charge in [0.2, 0.25) is 0 Å². The van der Waals surface area contributed by atoms with Gasteiger partial charge in [-0.05, 0) is 32.9 Å². The van der Waals surface area contributed by atoms with Crippen LogP contribution < -0.4 is 5.73 Å². The molecule has 1 aliphatic carbocycles. The Labute approximate surface area is 97.6 Å². The third kappa shape index (κ3) is 2.47. The number of rotatable bonds is 4. The van der Waals surface area contributed by atoms with Gasteiger partial charge < -0.3 is 10.2 Å². The van der Waals surface area contributed by atoms with Gasteiger partial charge in [-0.15, -0.1) is 0 Å². The minimum Gasteiger partial charge on any atom is -0.465 e. The average molecular weight is 222 g/mol. The SMILES string of the molecule is Cc1oc(CN(C)C2CCCC2)cc1CN. The number of hydrogen-bond donors (Lipinski definition) is 1. The molecular weight excluding hydrogens is 200 g/mol. The topological polar surface area (TPSA) is 42.4 Å². The Morgan fingerprint density at radius 2 is 2.12 bits per heavy atom. The van der Waals surface area contributed by atoms with Crippen LogP contribution in [0.1, 0.15) is 42.8 Å². The standard InChI is InChI=1S/C13H22N2O/c1-10-11(8-14)7-13(16-10)9-15(2)12-5-3-4-6-12/h7,12H,3-6,8-9,14H2,1-2H3. The van der Waals surface area contributed by atoms with E-state index in [1.165, 1.54) is 25.7 Å². The van der Waals surface area contributed by atoms with Crippen molar-refractivity contribution in [3.8, 4) is 0 Å². The summed E-state index contributed by atoms with van der Waals surface area (Å²) in [6.07, 6.45) is 5.42. The van der Waals surface area contributed by atoms with E-state index in [0.717, 1.165) is 29.7 Å². The Hall–Kier alpha value is -0.800. The molecule has 0 bridgehead atoms. The third-order valence-electron chi connectivity index (χ3n) is 3.64. The lowest BCUT2D eigenvalue weighted by molar-refractivity contribution is 0.218. The first kappa shape index (κ1) is 11.7. The van der Waals surface area contributed by atoms with Crippen molar-refractivity contribution in [3.05, 3.63) is 23.2 Å². The van der Waals surface area contributed by atoms with Gasteiger partial charge in [-0.25, -0.2) is 0 Å². The zero-order chi connectivity index (χ0) is 11.5. The number of nitrogens with two attached hydrogens (primary N) is 1. The lowest BCUT2D eigenvalue weighted by Crippen LogP contribution is -2.28. The highest BCUT2D eigenvalue weighted by atomic mass is 16.3. The van der Waals surface area contributed by atoms with E-state index in [0.29, 0.717) is 6.54 Å². The summed E-state index contributed by atoms with van der Waals surface area (Å²) >= 11 is 0. The second-order valence-corrected chi connectivity index (χ2v) is 4.85. The first-order valence-electron chi connectivity index (χ1n) is 6.19. The van der Waals surface area contributed by atoms with Gasteiger partial charge in [0.15, 0.2) is 0 Å². The highest BCUT2D eigenvalue weighted by Crippen LogP contribution is 2.24. The molecule has 0 saturated heterocycles. The third-order valence-corrected chi connectivity index (χ3v) is 3.64. The molecule has 90 valence electrons. The molecular formula is C13H22N2O. The van der Waals surface area contributed by atoms with Crippen molar-refractivity contribution in [2.45, 2.75) is 51.7 Å². The van der Waals surface area contributed by atoms with Crippen molar-refractivity contribution in [2.75, 3.05) is 7.05 Å². The number of aryl methyl sites for hydroxylation is 1. The Morgan fingerprint density at radius 1 is 1.44 bits per heavy atom. The molecule has 16 heavy (non-hydrogen) atoms. The van der Waals surface area contributed by atoms with E-state index < -0.39 is 0 Å². The Balaban J connectivity index is 1.97. The summed E-state index contributed by atoms with van der Waals surface area (Å²) in [6, 6.07) is 2.84. The van der Waals surface area contributed by atoms with E-state index in [9.17, 15) is 0 Å². The van der Waals surface area contributed by atoms with E-state index >= 15 is 0 Å². The largest absolute Gasteiger partial charge is 0.465 e. The number of furan rings is 1. The van der Waals surface area contributed by atoms with Crippen LogP contribution in [0.25, 0.3) is 0 Å². The molecule has 3 heteroatoms. The van der Waals surface area contributed by atoms with Crippen molar-refractivity contribution in [1.29, 1.82) is 0 Å². The maximum absolute atomic E-state index is 5.71. The van der Waals surface area contributed by atoms with Gasteiger partial charge >= 0.3 is 0 Å². The summed E-state index contributed by atoms with van der Waals surface area (Å²) < 4.78 is 5.71. The van der Waals surface area contributed by atoms with Gasteiger partial charge in [-0.1, -0.05) is 12.8 Å². The maximum atomic E-state index is 5.71. The van der Waals surface area contributed by atoms with Crippen molar-refractivity contribution in [2.24, 2.45) is 5.73 Å². The molecule has 0 spiro atoms. The fourth-order valence-electron chi connectivity index (χ4n) is 2.59. The van der Waals surface area contributed by atoms with Gasteiger partial charge in [-0.2, -0.15) is 0 Å². The summed E-state index contributed by atoms with van der Waals surface area (Å²) in [6.45, 7) is 3.47. The van der Waals surface area contributed by atoms with Crippen LogP contribution in [0, 0.1) is 6.92 Å². The molecule has 0 atom stereocenters. The predicted molar refractivity (Wildman–Crippen MR) is 65.1 cm³/mol. The molecule has 1 aromatic rings. The smallest absolute Gasteiger partial charge is 0.118 e. The van der Waals surface area contributed by atoms with Gasteiger partial charge in [-0.3, -0.25) is 4.90 Å². The molecule has 2 N–H and O–H groups in total. The summed E-state index contributed by atoms with van der Waals surface area (Å²) in [5.41, 5.74) is 6.78. The van der Waals surface area contributed by atoms with Crippen LogP contribution in [0.2, 0.25) is 0 Å². The van der Waals surface area contributed by atoms with E-state index in [1.54, 1.807) is 0 Å². The van der Waals surface area contributed by atoms with Crippen LogP contribution in [0.3, 0.4) is 0 Å². The molecule has 0 unspecified atom stereocenters. The van der Waals surface area contributed by atoms with Gasteiger partial charge in [0.1, 0.15) is 11.5 Å². The summed E-state index contributed by atoms with van der Waals surface area (Å²) in [5, 5.41) is 0. The average Bonchev–Trinajstić information content (AvgIpc) is 2.87. The first-order valence-corrected chi connectivity index (χ1v) is 6.19. The van der Waals surface area contributed by atoms with Crippen molar-refractivity contribution in [3.63, 3.8) is 0 Å². The molecule has 1 saturated carbocycles. The zero-order valence-electron chi connectivity index (χ0n) is 10.3. The normalized spacial score (nSPS) is 17.5. The monoisotopic (exact) mass is 222 g/mol. The van der Waals surface area contributed by atoms with Gasteiger partial charge in [0.05, 0.1) is 6.54 Å². The maximum Gasteiger partial charge on any atom is 0.118 e. The first-order chi connectivity index (χ1) is 7.70. The second-order valence-electron chi connectivity index (χ2n) is 4.85. The lowest BCUT2D eigenvalue weighted by atomic mass is 10.2. The quantitative estimate of drug-likeness (QED) is 0.850. The molecule has 0 aliphatic heterocycles. The molecule has 1 heterocycles. The molecule has 0 amide bonds. The summed E-state index contributed by atoms with van der Waals surface area (Å²) in [7, 11) is 2.19. The van der Waals surface area contributed by atoms with E-state index in [2.05, 4.69) is 18.0 Å². The zero-order valence-corrected chi connectivity index (χ0v) is 10.3. The Morgan fingerprint density at radius 3 is 2.69 bits per heavy atom. The molecule has 1 aliphatic rings. The minimum absolute atomic E-state index is 0.572. The van der Waals surface area contributed by atoms with E-state index in [-0.39, 0.29) is 0 Å². The Bertz CT molecular complexity index is 340. The predicted octanol–water partition coefficient (Wildman–Crippen LogP) is 2.42. The van der Waals surface area contributed by atoms with Crippen LogP contribution in [0.15, 0.2) is 10.5 Å². The molecule has 2 rings (SSSR count). The van der Waals surface area contributed by atoms with E-state index in [4.69, 9.17) is 10.2 Å². The van der Waals surface area contributed by atoms with Crippen LogP contribution in [-0.2, 0) is 13.1 Å². The fraction of sp³-hybridized carbons (Fsp3) is 0.692. The molecule has 1 aromatic heterocycles.